The zero-order valence-electron chi connectivity index (χ0n) is 18.2. The highest BCUT2D eigenvalue weighted by Crippen LogP contribution is 2.24. The molecule has 2 aromatic rings. The van der Waals surface area contributed by atoms with Crippen LogP contribution in [0, 0.1) is 29.9 Å². The number of hydrogen-bond donors (Lipinski definition) is 0. The van der Waals surface area contributed by atoms with Gasteiger partial charge in [0.05, 0.1) is 0 Å². The number of esters is 1. The zero-order valence-corrected chi connectivity index (χ0v) is 18.2. The summed E-state index contributed by atoms with van der Waals surface area (Å²) in [6.45, 7) is 7.11. The third-order valence-electron chi connectivity index (χ3n) is 5.04. The van der Waals surface area contributed by atoms with E-state index in [9.17, 15) is 18.4 Å². The number of carbonyl (C=O) groups excluding carboxylic acids is 1. The van der Waals surface area contributed by atoms with Crippen molar-refractivity contribution >= 4 is 11.5 Å². The molecule has 1 heterocycles. The molecule has 164 valence electrons. The Labute approximate surface area is 180 Å². The van der Waals surface area contributed by atoms with Crippen molar-refractivity contribution < 1.29 is 18.3 Å². The first-order valence-corrected chi connectivity index (χ1v) is 10.3. The predicted octanol–water partition coefficient (Wildman–Crippen LogP) is 5.53. The fraction of sp³-hybridized carbons (Fsp3) is 0.375. The lowest BCUT2D eigenvalue weighted by Crippen LogP contribution is -2.26. The van der Waals surface area contributed by atoms with Gasteiger partial charge in [-0.1, -0.05) is 25.8 Å². The van der Waals surface area contributed by atoms with Gasteiger partial charge >= 0.3 is 5.97 Å². The molecule has 0 aliphatic heterocycles. The van der Waals surface area contributed by atoms with Crippen molar-refractivity contribution in [3.8, 4) is 11.9 Å². The molecule has 0 amide bonds. The molecule has 0 bridgehead atoms. The number of pyridine rings is 1. The molecule has 0 aliphatic rings. The van der Waals surface area contributed by atoms with Crippen molar-refractivity contribution in [3.05, 3.63) is 68.5 Å². The Hall–Kier alpha value is -3.27. The predicted molar refractivity (Wildman–Crippen MR) is 115 cm³/mol. The van der Waals surface area contributed by atoms with Crippen molar-refractivity contribution in [2.45, 2.75) is 59.9 Å². The van der Waals surface area contributed by atoms with Gasteiger partial charge in [-0.15, -0.1) is 0 Å². The fourth-order valence-electron chi connectivity index (χ4n) is 3.23. The number of halogens is 2. The quantitative estimate of drug-likeness (QED) is 0.409. The molecule has 0 aliphatic carbocycles. The van der Waals surface area contributed by atoms with Crippen LogP contribution in [0.4, 0.5) is 8.78 Å². The molecule has 1 aromatic heterocycles. The summed E-state index contributed by atoms with van der Waals surface area (Å²) >= 11 is 0. The molecule has 0 unspecified atom stereocenters. The summed E-state index contributed by atoms with van der Waals surface area (Å²) in [7, 11) is 0. The SMILES string of the molecule is CCCCC/C=C(\C)c1cc(F)c(C(=O)Oc2cc(C)c(C#N)c(=O)n2CC)c(F)c1. The number of hydrogen-bond acceptors (Lipinski definition) is 4. The van der Waals surface area contributed by atoms with Crippen LogP contribution in [-0.2, 0) is 6.54 Å². The first kappa shape index (κ1) is 24.0. The van der Waals surface area contributed by atoms with Crippen LogP contribution >= 0.6 is 0 Å². The molecule has 7 heteroatoms. The van der Waals surface area contributed by atoms with Crippen LogP contribution in [0.1, 0.15) is 73.5 Å². The molecule has 31 heavy (non-hydrogen) atoms. The van der Waals surface area contributed by atoms with Crippen molar-refractivity contribution in [1.29, 1.82) is 5.26 Å². The zero-order chi connectivity index (χ0) is 23.1. The van der Waals surface area contributed by atoms with Gasteiger partial charge in [0.2, 0.25) is 5.88 Å². The van der Waals surface area contributed by atoms with E-state index in [1.165, 1.54) is 13.0 Å². The Kier molecular flexibility index (Phi) is 8.26. The highest BCUT2D eigenvalue weighted by Gasteiger charge is 2.23. The van der Waals surface area contributed by atoms with Gasteiger partial charge in [-0.25, -0.2) is 13.6 Å². The maximum absolute atomic E-state index is 14.6. The third-order valence-corrected chi connectivity index (χ3v) is 5.04. The summed E-state index contributed by atoms with van der Waals surface area (Å²) in [5.74, 6) is -3.52. The van der Waals surface area contributed by atoms with Gasteiger partial charge < -0.3 is 4.74 Å². The van der Waals surface area contributed by atoms with Crippen LogP contribution in [-0.4, -0.2) is 10.5 Å². The topological polar surface area (TPSA) is 72.1 Å². The van der Waals surface area contributed by atoms with Crippen molar-refractivity contribution in [2.24, 2.45) is 0 Å². The molecular weight excluding hydrogens is 402 g/mol. The van der Waals surface area contributed by atoms with Gasteiger partial charge in [0.1, 0.15) is 28.8 Å². The van der Waals surface area contributed by atoms with Gasteiger partial charge in [0.25, 0.3) is 5.56 Å². The van der Waals surface area contributed by atoms with Crippen molar-refractivity contribution in [2.75, 3.05) is 0 Å². The molecule has 0 N–H and O–H groups in total. The standard InChI is InChI=1S/C24H26F2N2O3/c1-5-7-8-9-10-15(3)17-12-19(25)22(20(26)13-17)24(30)31-21-11-16(4)18(14-27)23(29)28(21)6-2/h10-13H,5-9H2,1-4H3/b15-10+. The minimum absolute atomic E-state index is 0.0791. The molecule has 0 saturated heterocycles. The van der Waals surface area contributed by atoms with Crippen LogP contribution in [0.2, 0.25) is 0 Å². The van der Waals surface area contributed by atoms with E-state index >= 15 is 0 Å². The van der Waals surface area contributed by atoms with E-state index in [0.29, 0.717) is 11.1 Å². The summed E-state index contributed by atoms with van der Waals surface area (Å²) < 4.78 is 35.5. The van der Waals surface area contributed by atoms with E-state index < -0.39 is 28.7 Å². The van der Waals surface area contributed by atoms with E-state index in [0.717, 1.165) is 48.0 Å². The first-order valence-electron chi connectivity index (χ1n) is 10.3. The lowest BCUT2D eigenvalue weighted by Gasteiger charge is -2.14. The van der Waals surface area contributed by atoms with E-state index in [4.69, 9.17) is 10.00 Å². The number of carbonyl (C=O) groups is 1. The summed E-state index contributed by atoms with van der Waals surface area (Å²) in [5, 5.41) is 9.12. The number of ether oxygens (including phenoxy) is 1. The Morgan fingerprint density at radius 2 is 1.84 bits per heavy atom. The number of aryl methyl sites for hydroxylation is 1. The van der Waals surface area contributed by atoms with Crippen LogP contribution in [0.25, 0.3) is 5.57 Å². The summed E-state index contributed by atoms with van der Waals surface area (Å²) in [5.41, 5.74) is -0.170. The van der Waals surface area contributed by atoms with E-state index in [2.05, 4.69) is 6.92 Å². The van der Waals surface area contributed by atoms with E-state index in [1.54, 1.807) is 13.8 Å². The highest BCUT2D eigenvalue weighted by atomic mass is 19.1. The number of nitriles is 1. The van der Waals surface area contributed by atoms with Gasteiger partial charge in [-0.2, -0.15) is 5.26 Å². The number of aromatic nitrogens is 1. The molecule has 0 atom stereocenters. The number of allylic oxidation sites excluding steroid dienone is 2. The van der Waals surface area contributed by atoms with Gasteiger partial charge in [0.15, 0.2) is 0 Å². The molecule has 0 spiro atoms. The first-order chi connectivity index (χ1) is 14.7. The Bertz CT molecular complexity index is 1090. The fourth-order valence-corrected chi connectivity index (χ4v) is 3.23. The summed E-state index contributed by atoms with van der Waals surface area (Å²) in [4.78, 5) is 24.9. The Morgan fingerprint density at radius 1 is 1.19 bits per heavy atom. The van der Waals surface area contributed by atoms with Gasteiger partial charge in [0, 0.05) is 12.6 Å². The Morgan fingerprint density at radius 3 is 2.39 bits per heavy atom. The highest BCUT2D eigenvalue weighted by molar-refractivity contribution is 5.92. The van der Waals surface area contributed by atoms with Gasteiger partial charge in [-0.05, 0) is 62.4 Å². The second-order valence-electron chi connectivity index (χ2n) is 7.29. The third kappa shape index (κ3) is 5.46. The normalized spacial score (nSPS) is 11.3. The lowest BCUT2D eigenvalue weighted by atomic mass is 10.0. The second kappa shape index (κ2) is 10.7. The maximum atomic E-state index is 14.6. The second-order valence-corrected chi connectivity index (χ2v) is 7.29. The van der Waals surface area contributed by atoms with Crippen molar-refractivity contribution in [1.82, 2.24) is 4.57 Å². The van der Waals surface area contributed by atoms with E-state index in [-0.39, 0.29) is 18.0 Å². The molecule has 0 radical (unpaired) electrons. The molecule has 5 nitrogen and oxygen atoms in total. The van der Waals surface area contributed by atoms with Crippen LogP contribution in [0.5, 0.6) is 5.88 Å². The number of rotatable bonds is 8. The minimum Gasteiger partial charge on any atom is -0.405 e. The average Bonchev–Trinajstić information content (AvgIpc) is 2.70. The molecule has 1 aromatic carbocycles. The molecule has 2 rings (SSSR count). The average molecular weight is 428 g/mol. The van der Waals surface area contributed by atoms with E-state index in [1.807, 2.05) is 12.1 Å². The monoisotopic (exact) mass is 428 g/mol. The lowest BCUT2D eigenvalue weighted by molar-refractivity contribution is 0.0708. The molecule has 0 fully saturated rings. The number of nitrogens with zero attached hydrogens (tertiary/aromatic N) is 2. The number of unbranched alkanes of at least 4 members (excludes halogenated alkanes) is 3. The summed E-state index contributed by atoms with van der Waals surface area (Å²) in [6, 6.07) is 5.33. The minimum atomic E-state index is -1.25. The smallest absolute Gasteiger partial charge is 0.350 e. The van der Waals surface area contributed by atoms with Crippen LogP contribution < -0.4 is 10.3 Å². The van der Waals surface area contributed by atoms with Crippen LogP contribution in [0.15, 0.2) is 29.1 Å². The molecular formula is C24H26F2N2O3. The molecule has 0 saturated carbocycles. The van der Waals surface area contributed by atoms with Crippen LogP contribution in [0.3, 0.4) is 0 Å². The maximum Gasteiger partial charge on any atom is 0.350 e. The van der Waals surface area contributed by atoms with Gasteiger partial charge in [-0.3, -0.25) is 9.36 Å². The number of benzene rings is 1. The Balaban J connectivity index is 2.36. The largest absolute Gasteiger partial charge is 0.405 e. The van der Waals surface area contributed by atoms with Crippen molar-refractivity contribution in [3.63, 3.8) is 0 Å². The summed E-state index contributed by atoms with van der Waals surface area (Å²) in [6.07, 6.45) is 5.87.